The Labute approximate surface area is 103 Å². The van der Waals surface area contributed by atoms with Crippen molar-refractivity contribution >= 4 is 10.4 Å². The standard InChI is InChI=1S/C10H20N2.H2O4S/c1-10(2)5-4-6-12-8-7-11(3)9-12;1-5(2,3)4/h7-8,10H,4-6,9H2,1-3H3;(H2,1,2,3,4). The van der Waals surface area contributed by atoms with Crippen LogP contribution in [0.5, 0.6) is 0 Å². The van der Waals surface area contributed by atoms with E-state index >= 15 is 0 Å². The summed E-state index contributed by atoms with van der Waals surface area (Å²) in [5.74, 6) is 0.842. The van der Waals surface area contributed by atoms with Crippen LogP contribution in [0.15, 0.2) is 12.4 Å². The highest BCUT2D eigenvalue weighted by Crippen LogP contribution is 2.08. The van der Waals surface area contributed by atoms with Crippen molar-refractivity contribution in [1.82, 2.24) is 9.80 Å². The molecule has 0 radical (unpaired) electrons. The van der Waals surface area contributed by atoms with Gasteiger partial charge in [0.05, 0.1) is 6.67 Å². The third kappa shape index (κ3) is 13.1. The molecule has 0 amide bonds. The highest BCUT2D eigenvalue weighted by atomic mass is 32.3. The molecular formula is C10H22N2O4S. The molecular weight excluding hydrogens is 244 g/mol. The van der Waals surface area contributed by atoms with E-state index < -0.39 is 10.4 Å². The summed E-state index contributed by atoms with van der Waals surface area (Å²) in [7, 11) is -2.56. The summed E-state index contributed by atoms with van der Waals surface area (Å²) in [5, 5.41) is 0. The summed E-state index contributed by atoms with van der Waals surface area (Å²) < 4.78 is 31.6. The molecule has 0 saturated heterocycles. The Balaban J connectivity index is 0.000000437. The molecule has 102 valence electrons. The van der Waals surface area contributed by atoms with Gasteiger partial charge in [-0.1, -0.05) is 13.8 Å². The van der Waals surface area contributed by atoms with Crippen molar-refractivity contribution < 1.29 is 17.5 Å². The van der Waals surface area contributed by atoms with Crippen molar-refractivity contribution in [2.24, 2.45) is 5.92 Å². The smallest absolute Gasteiger partial charge is 0.362 e. The lowest BCUT2D eigenvalue weighted by molar-refractivity contribution is 0.287. The van der Waals surface area contributed by atoms with Crippen LogP contribution in [0, 0.1) is 5.92 Å². The Morgan fingerprint density at radius 1 is 1.29 bits per heavy atom. The van der Waals surface area contributed by atoms with E-state index in [0.29, 0.717) is 0 Å². The summed E-state index contributed by atoms with van der Waals surface area (Å²) >= 11 is 0. The maximum atomic E-state index is 8.74. The van der Waals surface area contributed by atoms with Crippen molar-refractivity contribution in [2.45, 2.75) is 26.7 Å². The van der Waals surface area contributed by atoms with Crippen molar-refractivity contribution in [3.63, 3.8) is 0 Å². The molecule has 0 spiro atoms. The van der Waals surface area contributed by atoms with Crippen molar-refractivity contribution in [3.8, 4) is 0 Å². The van der Waals surface area contributed by atoms with E-state index in [0.717, 1.165) is 12.6 Å². The van der Waals surface area contributed by atoms with Crippen LogP contribution < -0.4 is 0 Å². The Kier molecular flexibility index (Phi) is 7.17. The monoisotopic (exact) mass is 266 g/mol. The lowest BCUT2D eigenvalue weighted by Crippen LogP contribution is -2.23. The van der Waals surface area contributed by atoms with E-state index in [1.54, 1.807) is 0 Å². The molecule has 0 aromatic heterocycles. The number of nitrogens with zero attached hydrogens (tertiary/aromatic N) is 2. The number of rotatable bonds is 4. The van der Waals surface area contributed by atoms with Crippen LogP contribution in [0.2, 0.25) is 0 Å². The third-order valence-corrected chi connectivity index (χ3v) is 2.16. The Hall–Kier alpha value is -0.790. The molecule has 0 aromatic rings. The summed E-state index contributed by atoms with van der Waals surface area (Å²) in [6.45, 7) is 6.84. The minimum Gasteiger partial charge on any atom is -0.362 e. The molecule has 7 heteroatoms. The third-order valence-electron chi connectivity index (χ3n) is 2.16. The molecule has 1 rings (SSSR count). The van der Waals surface area contributed by atoms with Gasteiger partial charge in [-0.05, 0) is 18.8 Å². The fraction of sp³-hybridized carbons (Fsp3) is 0.800. The van der Waals surface area contributed by atoms with Crippen molar-refractivity contribution in [2.75, 3.05) is 20.3 Å². The zero-order valence-electron chi connectivity index (χ0n) is 10.6. The van der Waals surface area contributed by atoms with Crippen molar-refractivity contribution in [1.29, 1.82) is 0 Å². The number of hydrogen-bond acceptors (Lipinski definition) is 4. The largest absolute Gasteiger partial charge is 0.394 e. The van der Waals surface area contributed by atoms with E-state index in [1.165, 1.54) is 19.4 Å². The highest BCUT2D eigenvalue weighted by Gasteiger charge is 2.07. The molecule has 0 saturated carbocycles. The predicted molar refractivity (Wildman–Crippen MR) is 66.7 cm³/mol. The SMILES string of the molecule is CC(C)CCCN1C=CN(C)C1.O=S(=O)(O)O. The normalized spacial score (nSPS) is 15.2. The van der Waals surface area contributed by atoms with Crippen LogP contribution in [0.1, 0.15) is 26.7 Å². The predicted octanol–water partition coefficient (Wildman–Crippen LogP) is 1.45. The van der Waals surface area contributed by atoms with Gasteiger partial charge >= 0.3 is 10.4 Å². The average molecular weight is 266 g/mol. The van der Waals surface area contributed by atoms with E-state index in [-0.39, 0.29) is 0 Å². The molecule has 6 nitrogen and oxygen atoms in total. The Morgan fingerprint density at radius 3 is 2.18 bits per heavy atom. The summed E-state index contributed by atoms with van der Waals surface area (Å²) in [6, 6.07) is 0. The van der Waals surface area contributed by atoms with Gasteiger partial charge < -0.3 is 9.80 Å². The second-order valence-corrected chi connectivity index (χ2v) is 5.39. The number of hydrogen-bond donors (Lipinski definition) is 2. The van der Waals surface area contributed by atoms with Gasteiger partial charge in [0.1, 0.15) is 0 Å². The van der Waals surface area contributed by atoms with Crippen LogP contribution in [0.25, 0.3) is 0 Å². The molecule has 0 fully saturated rings. The highest BCUT2D eigenvalue weighted by molar-refractivity contribution is 7.79. The lowest BCUT2D eigenvalue weighted by Gasteiger charge is -2.18. The first-order chi connectivity index (χ1) is 7.68. The molecule has 1 aliphatic rings. The van der Waals surface area contributed by atoms with Gasteiger partial charge in [-0.3, -0.25) is 9.11 Å². The molecule has 0 aromatic carbocycles. The van der Waals surface area contributed by atoms with Gasteiger partial charge in [0.2, 0.25) is 0 Å². The van der Waals surface area contributed by atoms with Crippen LogP contribution in [0.4, 0.5) is 0 Å². The topological polar surface area (TPSA) is 81.1 Å². The van der Waals surface area contributed by atoms with Gasteiger partial charge in [0, 0.05) is 26.0 Å². The second kappa shape index (κ2) is 7.52. The molecule has 0 aliphatic carbocycles. The fourth-order valence-corrected chi connectivity index (χ4v) is 1.44. The molecule has 0 unspecified atom stereocenters. The van der Waals surface area contributed by atoms with Crippen LogP contribution in [-0.2, 0) is 10.4 Å². The molecule has 1 aliphatic heterocycles. The summed E-state index contributed by atoms with van der Waals surface area (Å²) in [4.78, 5) is 4.57. The first kappa shape index (κ1) is 16.2. The molecule has 0 atom stereocenters. The fourth-order valence-electron chi connectivity index (χ4n) is 1.44. The zero-order chi connectivity index (χ0) is 13.5. The molecule has 17 heavy (non-hydrogen) atoms. The minimum absolute atomic E-state index is 0.842. The van der Waals surface area contributed by atoms with Crippen LogP contribution in [-0.4, -0.2) is 47.6 Å². The second-order valence-electron chi connectivity index (χ2n) is 4.49. The van der Waals surface area contributed by atoms with Crippen LogP contribution in [0.3, 0.4) is 0 Å². The van der Waals surface area contributed by atoms with E-state index in [9.17, 15) is 0 Å². The van der Waals surface area contributed by atoms with Gasteiger partial charge in [-0.2, -0.15) is 8.42 Å². The maximum absolute atomic E-state index is 8.74. The van der Waals surface area contributed by atoms with Gasteiger partial charge in [0.15, 0.2) is 0 Å². The van der Waals surface area contributed by atoms with Gasteiger partial charge in [0.25, 0.3) is 0 Å². The quantitative estimate of drug-likeness (QED) is 0.750. The Morgan fingerprint density at radius 2 is 1.82 bits per heavy atom. The van der Waals surface area contributed by atoms with Crippen molar-refractivity contribution in [3.05, 3.63) is 12.4 Å². The van der Waals surface area contributed by atoms with Gasteiger partial charge in [-0.15, -0.1) is 0 Å². The van der Waals surface area contributed by atoms with Gasteiger partial charge in [-0.25, -0.2) is 0 Å². The molecule has 1 heterocycles. The van der Waals surface area contributed by atoms with E-state index in [2.05, 4.69) is 43.1 Å². The molecule has 2 N–H and O–H groups in total. The first-order valence-corrected chi connectivity index (χ1v) is 6.90. The average Bonchev–Trinajstić information content (AvgIpc) is 2.47. The van der Waals surface area contributed by atoms with E-state index in [1.807, 2.05) is 0 Å². The minimum atomic E-state index is -4.67. The maximum Gasteiger partial charge on any atom is 0.394 e. The lowest BCUT2D eigenvalue weighted by atomic mass is 10.1. The summed E-state index contributed by atoms with van der Waals surface area (Å²) in [6.07, 6.45) is 6.97. The zero-order valence-corrected chi connectivity index (χ0v) is 11.4. The van der Waals surface area contributed by atoms with Crippen LogP contribution >= 0.6 is 0 Å². The summed E-state index contributed by atoms with van der Waals surface area (Å²) in [5.41, 5.74) is 0. The first-order valence-electron chi connectivity index (χ1n) is 5.51. The molecule has 0 bridgehead atoms. The van der Waals surface area contributed by atoms with E-state index in [4.69, 9.17) is 17.5 Å². The Bertz CT molecular complexity index is 319.